The lowest BCUT2D eigenvalue weighted by atomic mass is 9.80. The number of rotatable bonds is 6. The highest BCUT2D eigenvalue weighted by Crippen LogP contribution is 2.35. The summed E-state index contributed by atoms with van der Waals surface area (Å²) in [7, 11) is 1.91. The highest BCUT2D eigenvalue weighted by atomic mass is 16.5. The number of likely N-dealkylation sites (tertiary alicyclic amines) is 1. The molecule has 6 nitrogen and oxygen atoms in total. The summed E-state index contributed by atoms with van der Waals surface area (Å²) in [6.45, 7) is 7.25. The van der Waals surface area contributed by atoms with Crippen LogP contribution in [-0.4, -0.2) is 39.6 Å². The molecule has 0 saturated carbocycles. The number of carbonyl (C=O) groups is 1. The summed E-state index contributed by atoms with van der Waals surface area (Å²) in [5, 5.41) is 0. The van der Waals surface area contributed by atoms with E-state index in [1.54, 1.807) is 12.4 Å². The second kappa shape index (κ2) is 8.55. The first kappa shape index (κ1) is 21.1. The van der Waals surface area contributed by atoms with Crippen molar-refractivity contribution in [3.05, 3.63) is 72.2 Å². The van der Waals surface area contributed by atoms with E-state index in [1.807, 2.05) is 36.0 Å². The van der Waals surface area contributed by atoms with Gasteiger partial charge in [0, 0.05) is 43.9 Å². The van der Waals surface area contributed by atoms with Gasteiger partial charge in [-0.3, -0.25) is 9.69 Å². The Balaban J connectivity index is 1.50. The van der Waals surface area contributed by atoms with Gasteiger partial charge in [0.05, 0.1) is 17.6 Å². The Hall–Kier alpha value is -3.12. The molecule has 1 fully saturated rings. The minimum absolute atomic E-state index is 0.00155. The normalized spacial score (nSPS) is 18.6. The van der Waals surface area contributed by atoms with Gasteiger partial charge in [-0.15, -0.1) is 0 Å². The van der Waals surface area contributed by atoms with Gasteiger partial charge in [0.15, 0.2) is 0 Å². The van der Waals surface area contributed by atoms with E-state index in [0.29, 0.717) is 11.3 Å². The van der Waals surface area contributed by atoms with E-state index in [2.05, 4.69) is 48.0 Å². The van der Waals surface area contributed by atoms with Gasteiger partial charge in [-0.1, -0.05) is 44.2 Å². The Morgan fingerprint density at radius 1 is 1.23 bits per heavy atom. The smallest absolute Gasteiger partial charge is 0.252 e. The number of nitrogens with zero attached hydrogens (tertiary/aromatic N) is 3. The van der Waals surface area contributed by atoms with Crippen molar-refractivity contribution in [3.8, 4) is 17.0 Å². The van der Waals surface area contributed by atoms with Gasteiger partial charge in [0.1, 0.15) is 11.9 Å². The van der Waals surface area contributed by atoms with E-state index in [0.717, 1.165) is 37.3 Å². The lowest BCUT2D eigenvalue weighted by Gasteiger charge is -2.44. The van der Waals surface area contributed by atoms with Crippen LogP contribution in [0.15, 0.2) is 61.1 Å². The summed E-state index contributed by atoms with van der Waals surface area (Å²) < 4.78 is 8.27. The molecule has 6 heteroatoms. The molecular formula is C25H30N4O2. The lowest BCUT2D eigenvalue weighted by Crippen LogP contribution is -2.50. The molecule has 31 heavy (non-hydrogen) atoms. The number of hydrogen-bond donors (Lipinski definition) is 1. The molecule has 0 bridgehead atoms. The van der Waals surface area contributed by atoms with Gasteiger partial charge in [0.2, 0.25) is 0 Å². The fourth-order valence-corrected chi connectivity index (χ4v) is 4.34. The van der Waals surface area contributed by atoms with Crippen LogP contribution in [0.2, 0.25) is 0 Å². The van der Waals surface area contributed by atoms with E-state index in [4.69, 9.17) is 10.5 Å². The van der Waals surface area contributed by atoms with Crippen LogP contribution in [0.4, 0.5) is 0 Å². The predicted octanol–water partition coefficient (Wildman–Crippen LogP) is 3.87. The second-order valence-corrected chi connectivity index (χ2v) is 9.08. The van der Waals surface area contributed by atoms with Gasteiger partial charge in [0.25, 0.3) is 5.91 Å². The third-order valence-electron chi connectivity index (χ3n) is 5.97. The average Bonchev–Trinajstić information content (AvgIpc) is 3.17. The maximum atomic E-state index is 12.2. The van der Waals surface area contributed by atoms with E-state index in [1.165, 1.54) is 5.56 Å². The molecular weight excluding hydrogens is 388 g/mol. The van der Waals surface area contributed by atoms with Crippen LogP contribution in [0, 0.1) is 5.41 Å². The van der Waals surface area contributed by atoms with Crippen molar-refractivity contribution in [3.63, 3.8) is 0 Å². The molecule has 1 aromatic heterocycles. The zero-order valence-corrected chi connectivity index (χ0v) is 18.4. The van der Waals surface area contributed by atoms with E-state index in [9.17, 15) is 4.79 Å². The van der Waals surface area contributed by atoms with Gasteiger partial charge >= 0.3 is 0 Å². The molecule has 162 valence electrons. The number of hydrogen-bond acceptors (Lipinski definition) is 4. The van der Waals surface area contributed by atoms with Crippen LogP contribution in [-0.2, 0) is 13.6 Å². The van der Waals surface area contributed by atoms with Crippen molar-refractivity contribution < 1.29 is 9.53 Å². The molecule has 1 atom stereocenters. The minimum atomic E-state index is -0.493. The van der Waals surface area contributed by atoms with Crippen molar-refractivity contribution in [2.75, 3.05) is 13.1 Å². The number of benzene rings is 2. The van der Waals surface area contributed by atoms with Gasteiger partial charge in [-0.25, -0.2) is 4.98 Å². The first-order valence-corrected chi connectivity index (χ1v) is 10.7. The number of piperidine rings is 1. The van der Waals surface area contributed by atoms with Gasteiger partial charge in [-0.05, 0) is 30.2 Å². The maximum Gasteiger partial charge on any atom is 0.252 e. The number of ether oxygens (including phenoxy) is 1. The van der Waals surface area contributed by atoms with E-state index < -0.39 is 5.91 Å². The third-order valence-corrected chi connectivity index (χ3v) is 5.97. The average molecular weight is 419 g/mol. The summed E-state index contributed by atoms with van der Waals surface area (Å²) in [6, 6.07) is 16.1. The molecule has 0 aliphatic carbocycles. The van der Waals surface area contributed by atoms with E-state index >= 15 is 0 Å². The molecule has 2 heterocycles. The third kappa shape index (κ3) is 4.80. The van der Waals surface area contributed by atoms with Crippen LogP contribution in [0.3, 0.4) is 0 Å². The molecule has 2 aromatic carbocycles. The number of carbonyl (C=O) groups excluding carboxylic acids is 1. The van der Waals surface area contributed by atoms with Crippen LogP contribution in [0.1, 0.15) is 36.2 Å². The maximum absolute atomic E-state index is 12.2. The van der Waals surface area contributed by atoms with E-state index in [-0.39, 0.29) is 11.5 Å². The molecule has 1 amide bonds. The zero-order chi connectivity index (χ0) is 22.0. The largest absolute Gasteiger partial charge is 0.489 e. The second-order valence-electron chi connectivity index (χ2n) is 9.08. The van der Waals surface area contributed by atoms with Crippen molar-refractivity contribution in [2.24, 2.45) is 18.2 Å². The molecule has 4 rings (SSSR count). The topological polar surface area (TPSA) is 73.4 Å². The fourth-order valence-electron chi connectivity index (χ4n) is 4.34. The van der Waals surface area contributed by atoms with Crippen LogP contribution >= 0.6 is 0 Å². The Morgan fingerprint density at radius 3 is 2.65 bits per heavy atom. The fraction of sp³-hybridized carbons (Fsp3) is 0.360. The molecule has 1 aliphatic rings. The SMILES string of the molecule is Cn1cnc(-c2ccc(OC3CCN(Cc4ccccc4)CC3(C)C)c(C(N)=O)c2)c1. The molecule has 1 saturated heterocycles. The first-order chi connectivity index (χ1) is 14.8. The number of primary amides is 1. The van der Waals surface area contributed by atoms with Crippen molar-refractivity contribution in [1.29, 1.82) is 0 Å². The lowest BCUT2D eigenvalue weighted by molar-refractivity contribution is -0.0115. The quantitative estimate of drug-likeness (QED) is 0.660. The van der Waals surface area contributed by atoms with Crippen LogP contribution in [0.25, 0.3) is 11.3 Å². The molecule has 0 spiro atoms. The number of amides is 1. The minimum Gasteiger partial charge on any atom is -0.489 e. The molecule has 2 N–H and O–H groups in total. The van der Waals surface area contributed by atoms with Crippen LogP contribution in [0.5, 0.6) is 5.75 Å². The number of aromatic nitrogens is 2. The monoisotopic (exact) mass is 418 g/mol. The predicted molar refractivity (Wildman–Crippen MR) is 122 cm³/mol. The Labute approximate surface area is 183 Å². The Bertz CT molecular complexity index is 1060. The summed E-state index contributed by atoms with van der Waals surface area (Å²) in [5.41, 5.74) is 8.98. The standard InChI is InChI=1S/C25H30N4O2/c1-25(2)16-29(14-18-7-5-4-6-8-18)12-11-23(25)31-22-10-9-19(13-20(22)24(26)30)21-15-28(3)17-27-21/h4-10,13,15,17,23H,11-12,14,16H2,1-3H3,(H2,26,30). The zero-order valence-electron chi connectivity index (χ0n) is 18.4. The molecule has 0 radical (unpaired) electrons. The summed E-state index contributed by atoms with van der Waals surface area (Å²) in [4.78, 5) is 19.0. The highest BCUT2D eigenvalue weighted by Gasteiger charge is 2.38. The summed E-state index contributed by atoms with van der Waals surface area (Å²) in [5.74, 6) is 0.0499. The van der Waals surface area contributed by atoms with Crippen molar-refractivity contribution in [1.82, 2.24) is 14.5 Å². The van der Waals surface area contributed by atoms with Crippen molar-refractivity contribution in [2.45, 2.75) is 32.9 Å². The molecule has 3 aromatic rings. The van der Waals surface area contributed by atoms with Gasteiger partial charge < -0.3 is 15.0 Å². The van der Waals surface area contributed by atoms with Gasteiger partial charge in [-0.2, -0.15) is 0 Å². The number of imidazole rings is 1. The number of nitrogens with two attached hydrogens (primary N) is 1. The molecule has 1 unspecified atom stereocenters. The van der Waals surface area contributed by atoms with Crippen LogP contribution < -0.4 is 10.5 Å². The first-order valence-electron chi connectivity index (χ1n) is 10.7. The van der Waals surface area contributed by atoms with Crippen molar-refractivity contribution >= 4 is 5.91 Å². The summed E-state index contributed by atoms with van der Waals surface area (Å²) >= 11 is 0. The Kier molecular flexibility index (Phi) is 5.83. The Morgan fingerprint density at radius 2 is 2.00 bits per heavy atom. The highest BCUT2D eigenvalue weighted by molar-refractivity contribution is 5.97. The molecule has 1 aliphatic heterocycles. The summed E-state index contributed by atoms with van der Waals surface area (Å²) in [6.07, 6.45) is 4.53. The number of aryl methyl sites for hydroxylation is 1.